The van der Waals surface area contributed by atoms with Crippen LogP contribution in [0.25, 0.3) is 0 Å². The van der Waals surface area contributed by atoms with Crippen LogP contribution in [0.3, 0.4) is 0 Å². The van der Waals surface area contributed by atoms with Gasteiger partial charge in [-0.3, -0.25) is 0 Å². The van der Waals surface area contributed by atoms with Crippen LogP contribution in [0.2, 0.25) is 0 Å². The fourth-order valence-corrected chi connectivity index (χ4v) is 3.31. The van der Waals surface area contributed by atoms with E-state index in [9.17, 15) is 0 Å². The van der Waals surface area contributed by atoms with Crippen LogP contribution in [-0.2, 0) is 0 Å². The van der Waals surface area contributed by atoms with Crippen LogP contribution >= 0.6 is 0 Å². The predicted octanol–water partition coefficient (Wildman–Crippen LogP) is 6.45. The van der Waals surface area contributed by atoms with E-state index in [-0.39, 0.29) is 0 Å². The van der Waals surface area contributed by atoms with E-state index in [1.165, 1.54) is 122 Å². The summed E-state index contributed by atoms with van der Waals surface area (Å²) >= 11 is 0. The van der Waals surface area contributed by atoms with Gasteiger partial charge in [-0.1, -0.05) is 103 Å². The molecular formula is C22H48N2. The summed E-state index contributed by atoms with van der Waals surface area (Å²) in [6.07, 6.45) is 24.5. The summed E-state index contributed by atoms with van der Waals surface area (Å²) in [5.41, 5.74) is 0. The lowest BCUT2D eigenvalue weighted by atomic mass is 10.0. The lowest BCUT2D eigenvalue weighted by Crippen LogP contribution is -2.20. The van der Waals surface area contributed by atoms with Gasteiger partial charge in [-0.25, -0.2) is 0 Å². The molecule has 0 aliphatic heterocycles. The Morgan fingerprint density at radius 1 is 0.417 bits per heavy atom. The van der Waals surface area contributed by atoms with Gasteiger partial charge >= 0.3 is 0 Å². The van der Waals surface area contributed by atoms with Crippen LogP contribution in [0.1, 0.15) is 116 Å². The number of hydrogen-bond donors (Lipinski definition) is 2. The largest absolute Gasteiger partial charge is 0.320 e. The summed E-state index contributed by atoms with van der Waals surface area (Å²) in [7, 11) is 2.02. The first-order valence-electron chi connectivity index (χ1n) is 11.3. The van der Waals surface area contributed by atoms with Crippen LogP contribution < -0.4 is 10.6 Å². The highest BCUT2D eigenvalue weighted by Gasteiger charge is 1.94. The summed E-state index contributed by atoms with van der Waals surface area (Å²) in [6.45, 7) is 5.80. The predicted molar refractivity (Wildman–Crippen MR) is 111 cm³/mol. The Hall–Kier alpha value is -0.0800. The lowest BCUT2D eigenvalue weighted by molar-refractivity contribution is 0.524. The van der Waals surface area contributed by atoms with Crippen LogP contribution in [0, 0.1) is 0 Å². The minimum atomic E-state index is 1.13. The molecule has 0 aliphatic carbocycles. The summed E-state index contributed by atoms with van der Waals surface area (Å²) < 4.78 is 0. The molecule has 0 heterocycles. The van der Waals surface area contributed by atoms with Crippen LogP contribution in [0.5, 0.6) is 0 Å². The number of nitrogens with one attached hydrogen (secondary N) is 2. The molecule has 0 fully saturated rings. The molecule has 2 nitrogen and oxygen atoms in total. The van der Waals surface area contributed by atoms with E-state index in [1.807, 2.05) is 7.05 Å². The molecule has 0 aliphatic rings. The first-order chi connectivity index (χ1) is 11.9. The fourth-order valence-electron chi connectivity index (χ4n) is 3.31. The van der Waals surface area contributed by atoms with Gasteiger partial charge in [0.25, 0.3) is 0 Å². The van der Waals surface area contributed by atoms with Crippen molar-refractivity contribution in [3.8, 4) is 0 Å². The minimum absolute atomic E-state index is 1.13. The standard InChI is InChI=1S/C22H48N2/c1-3-4-5-6-7-8-9-10-11-12-13-14-15-16-17-18-21-24-22-19-20-23-2/h23-24H,3-22H2,1-2H3. The van der Waals surface area contributed by atoms with Crippen molar-refractivity contribution >= 4 is 0 Å². The van der Waals surface area contributed by atoms with Crippen molar-refractivity contribution in [3.05, 3.63) is 0 Å². The van der Waals surface area contributed by atoms with Crippen LogP contribution in [0.4, 0.5) is 0 Å². The Kier molecular flexibility index (Phi) is 22.8. The number of rotatable bonds is 21. The zero-order chi connectivity index (χ0) is 17.6. The van der Waals surface area contributed by atoms with E-state index in [1.54, 1.807) is 0 Å². The molecule has 0 aromatic carbocycles. The first kappa shape index (κ1) is 23.9. The average molecular weight is 341 g/mol. The van der Waals surface area contributed by atoms with Crippen LogP contribution in [0.15, 0.2) is 0 Å². The van der Waals surface area contributed by atoms with E-state index in [4.69, 9.17) is 0 Å². The molecule has 0 saturated carbocycles. The number of hydrogen-bond acceptors (Lipinski definition) is 2. The van der Waals surface area contributed by atoms with Gasteiger partial charge in [0.05, 0.1) is 0 Å². The molecule has 0 aromatic rings. The molecule has 24 heavy (non-hydrogen) atoms. The van der Waals surface area contributed by atoms with E-state index < -0.39 is 0 Å². The third-order valence-corrected chi connectivity index (χ3v) is 4.99. The SMILES string of the molecule is CCCCCCCCCCCCCCCCCCNCCCNC. The highest BCUT2D eigenvalue weighted by molar-refractivity contribution is 4.52. The van der Waals surface area contributed by atoms with Crippen molar-refractivity contribution in [2.75, 3.05) is 26.7 Å². The first-order valence-corrected chi connectivity index (χ1v) is 11.3. The highest BCUT2D eigenvalue weighted by atomic mass is 14.9. The van der Waals surface area contributed by atoms with Crippen molar-refractivity contribution in [1.29, 1.82) is 0 Å². The Bertz CT molecular complexity index is 184. The van der Waals surface area contributed by atoms with Crippen molar-refractivity contribution in [2.24, 2.45) is 0 Å². The molecule has 2 heteroatoms. The second-order valence-electron chi connectivity index (χ2n) is 7.51. The Labute approximate surface area is 154 Å². The molecule has 0 spiro atoms. The highest BCUT2D eigenvalue weighted by Crippen LogP contribution is 2.13. The summed E-state index contributed by atoms with van der Waals surface area (Å²) in [4.78, 5) is 0. The smallest absolute Gasteiger partial charge is 0.00368 e. The monoisotopic (exact) mass is 340 g/mol. The molecule has 0 unspecified atom stereocenters. The van der Waals surface area contributed by atoms with Gasteiger partial charge in [-0.2, -0.15) is 0 Å². The molecular weight excluding hydrogens is 292 g/mol. The maximum atomic E-state index is 3.53. The summed E-state index contributed by atoms with van der Waals surface area (Å²) in [5.74, 6) is 0. The fraction of sp³-hybridized carbons (Fsp3) is 1.00. The third-order valence-electron chi connectivity index (χ3n) is 4.99. The van der Waals surface area contributed by atoms with Gasteiger partial charge in [0, 0.05) is 0 Å². The van der Waals surface area contributed by atoms with Crippen molar-refractivity contribution < 1.29 is 0 Å². The Morgan fingerprint density at radius 2 is 0.792 bits per heavy atom. The topological polar surface area (TPSA) is 24.1 Å². The van der Waals surface area contributed by atoms with Gasteiger partial charge < -0.3 is 10.6 Å². The van der Waals surface area contributed by atoms with Crippen molar-refractivity contribution in [2.45, 2.75) is 116 Å². The van der Waals surface area contributed by atoms with Crippen LogP contribution in [-0.4, -0.2) is 26.7 Å². The minimum Gasteiger partial charge on any atom is -0.320 e. The van der Waals surface area contributed by atoms with E-state index >= 15 is 0 Å². The second-order valence-corrected chi connectivity index (χ2v) is 7.51. The van der Waals surface area contributed by atoms with Gasteiger partial charge in [-0.05, 0) is 39.5 Å². The second kappa shape index (κ2) is 22.9. The quantitative estimate of drug-likeness (QED) is 0.235. The molecule has 0 radical (unpaired) electrons. The van der Waals surface area contributed by atoms with Gasteiger partial charge in [-0.15, -0.1) is 0 Å². The molecule has 2 N–H and O–H groups in total. The van der Waals surface area contributed by atoms with Gasteiger partial charge in [0.15, 0.2) is 0 Å². The molecule has 0 amide bonds. The van der Waals surface area contributed by atoms with Gasteiger partial charge in [0.2, 0.25) is 0 Å². The molecule has 0 saturated heterocycles. The van der Waals surface area contributed by atoms with Crippen molar-refractivity contribution in [1.82, 2.24) is 10.6 Å². The lowest BCUT2D eigenvalue weighted by Gasteiger charge is -2.05. The van der Waals surface area contributed by atoms with Gasteiger partial charge in [0.1, 0.15) is 0 Å². The van der Waals surface area contributed by atoms with E-state index in [0.29, 0.717) is 0 Å². The Balaban J connectivity index is 2.93. The van der Waals surface area contributed by atoms with E-state index in [0.717, 1.165) is 6.54 Å². The molecule has 0 aromatic heterocycles. The maximum Gasteiger partial charge on any atom is -0.00368 e. The average Bonchev–Trinajstić information content (AvgIpc) is 2.60. The Morgan fingerprint density at radius 3 is 1.21 bits per heavy atom. The normalized spacial score (nSPS) is 11.2. The summed E-state index contributed by atoms with van der Waals surface area (Å²) in [5, 5.41) is 6.72. The number of unbranched alkanes of at least 4 members (excludes halogenated alkanes) is 15. The third kappa shape index (κ3) is 21.9. The zero-order valence-corrected chi connectivity index (χ0v) is 17.1. The van der Waals surface area contributed by atoms with E-state index in [2.05, 4.69) is 17.6 Å². The zero-order valence-electron chi connectivity index (χ0n) is 17.1. The molecule has 0 bridgehead atoms. The maximum absolute atomic E-state index is 3.53. The molecule has 0 rings (SSSR count). The van der Waals surface area contributed by atoms with Crippen molar-refractivity contribution in [3.63, 3.8) is 0 Å². The molecule has 146 valence electrons. The summed E-state index contributed by atoms with van der Waals surface area (Å²) in [6, 6.07) is 0. The molecule has 0 atom stereocenters.